The molecule has 0 bridgehead atoms. The molecule has 2 aromatic carbocycles. The van der Waals surface area contributed by atoms with Crippen molar-refractivity contribution in [3.63, 3.8) is 0 Å². The van der Waals surface area contributed by atoms with E-state index in [4.69, 9.17) is 17.3 Å². The van der Waals surface area contributed by atoms with Crippen molar-refractivity contribution in [2.45, 2.75) is 77.4 Å². The zero-order valence-corrected chi connectivity index (χ0v) is 24.9. The van der Waals surface area contributed by atoms with Crippen molar-refractivity contribution in [2.24, 2.45) is 0 Å². The van der Waals surface area contributed by atoms with Gasteiger partial charge in [-0.25, -0.2) is 0 Å². The van der Waals surface area contributed by atoms with Gasteiger partial charge in [0, 0.05) is 22.3 Å². The molecule has 1 aromatic heterocycles. The van der Waals surface area contributed by atoms with Crippen LogP contribution in [0.15, 0.2) is 48.5 Å². The van der Waals surface area contributed by atoms with Crippen LogP contribution in [-0.4, -0.2) is 33.7 Å². The molecular weight excluding hydrogens is 546 g/mol. The Morgan fingerprint density at radius 1 is 1.05 bits per heavy atom. The van der Waals surface area contributed by atoms with E-state index in [0.717, 1.165) is 49.2 Å². The number of para-hydroxylation sites is 1. The van der Waals surface area contributed by atoms with Crippen molar-refractivity contribution in [1.29, 1.82) is 0 Å². The smallest absolute Gasteiger partial charge is 0.273 e. The van der Waals surface area contributed by atoms with Gasteiger partial charge in [-0.15, -0.1) is 0 Å². The van der Waals surface area contributed by atoms with Gasteiger partial charge in [-0.2, -0.15) is 4.37 Å². The van der Waals surface area contributed by atoms with Crippen LogP contribution >= 0.6 is 23.1 Å². The van der Waals surface area contributed by atoms with Gasteiger partial charge >= 0.3 is 0 Å². The molecule has 8 nitrogen and oxygen atoms in total. The lowest BCUT2D eigenvalue weighted by atomic mass is 9.95. The minimum absolute atomic E-state index is 0.00739. The number of aryl methyl sites for hydroxylation is 1. The number of nitrogen functional groups attached to an aromatic ring is 1. The summed E-state index contributed by atoms with van der Waals surface area (Å²) in [6.07, 6.45) is 5.11. The largest absolute Gasteiger partial charge is 0.395 e. The van der Waals surface area contributed by atoms with Crippen molar-refractivity contribution in [2.75, 3.05) is 10.6 Å². The molecule has 212 valence electrons. The minimum Gasteiger partial charge on any atom is -0.395 e. The van der Waals surface area contributed by atoms with Gasteiger partial charge < -0.3 is 16.4 Å². The standard InChI is InChI=1S/C30H36ClN5O3S/c1-18-10-8-9-13-22(18)36(25(28(38)34-30(2,3)4)19-14-16-20(31)17-15-19)29(39)26-23(32)24(35-40-26)27(37)33-21-11-6-5-7-12-21/h8-10,13-17,21,25H,5-7,11-12,32H2,1-4H3,(H,33,37)(H,34,38)/t25-/m1/s1. The Balaban J connectivity index is 1.78. The van der Waals surface area contributed by atoms with Crippen molar-refractivity contribution in [1.82, 2.24) is 15.0 Å². The number of halogens is 1. The molecule has 3 amide bonds. The summed E-state index contributed by atoms with van der Waals surface area (Å²) in [5.41, 5.74) is 7.80. The van der Waals surface area contributed by atoms with Crippen molar-refractivity contribution >= 4 is 52.2 Å². The summed E-state index contributed by atoms with van der Waals surface area (Å²) < 4.78 is 4.29. The Hall–Kier alpha value is -3.43. The summed E-state index contributed by atoms with van der Waals surface area (Å²) in [7, 11) is 0. The van der Waals surface area contributed by atoms with Gasteiger partial charge in [0.15, 0.2) is 5.69 Å². The van der Waals surface area contributed by atoms with Crippen LogP contribution in [0, 0.1) is 6.92 Å². The van der Waals surface area contributed by atoms with Crippen molar-refractivity contribution in [3.05, 3.63) is 75.3 Å². The molecule has 1 aliphatic rings. The Morgan fingerprint density at radius 3 is 2.33 bits per heavy atom. The maximum Gasteiger partial charge on any atom is 0.273 e. The highest BCUT2D eigenvalue weighted by molar-refractivity contribution is 7.09. The minimum atomic E-state index is -1.05. The second kappa shape index (κ2) is 12.4. The van der Waals surface area contributed by atoms with Crippen molar-refractivity contribution in [3.8, 4) is 0 Å². The zero-order valence-electron chi connectivity index (χ0n) is 23.3. The first-order valence-electron chi connectivity index (χ1n) is 13.5. The predicted octanol–water partition coefficient (Wildman–Crippen LogP) is 6.05. The second-order valence-electron chi connectivity index (χ2n) is 11.2. The predicted molar refractivity (Wildman–Crippen MR) is 161 cm³/mol. The number of anilines is 2. The molecule has 4 N–H and O–H groups in total. The maximum atomic E-state index is 14.4. The Kier molecular flexibility index (Phi) is 9.15. The molecule has 0 unspecified atom stereocenters. The number of carbonyl (C=O) groups excluding carboxylic acids is 3. The third-order valence-corrected chi connectivity index (χ3v) is 7.96. The van der Waals surface area contributed by atoms with E-state index in [1.807, 2.05) is 45.9 Å². The molecule has 1 fully saturated rings. The van der Waals surface area contributed by atoms with Gasteiger partial charge in [-0.1, -0.05) is 61.2 Å². The van der Waals surface area contributed by atoms with E-state index in [2.05, 4.69) is 15.0 Å². The van der Waals surface area contributed by atoms with Crippen LogP contribution < -0.4 is 21.3 Å². The third-order valence-electron chi connectivity index (χ3n) is 6.86. The summed E-state index contributed by atoms with van der Waals surface area (Å²) in [5, 5.41) is 6.55. The number of hydrogen-bond acceptors (Lipinski definition) is 6. The first kappa shape index (κ1) is 29.6. The summed E-state index contributed by atoms with van der Waals surface area (Å²) in [5.74, 6) is -1.28. The van der Waals surface area contributed by atoms with Gasteiger partial charge in [-0.05, 0) is 81.4 Å². The molecule has 1 saturated carbocycles. The molecule has 40 heavy (non-hydrogen) atoms. The first-order valence-corrected chi connectivity index (χ1v) is 14.6. The lowest BCUT2D eigenvalue weighted by Crippen LogP contribution is -2.49. The number of hydrogen-bond donors (Lipinski definition) is 3. The van der Waals surface area contributed by atoms with E-state index in [1.54, 1.807) is 30.3 Å². The van der Waals surface area contributed by atoms with E-state index in [9.17, 15) is 14.4 Å². The van der Waals surface area contributed by atoms with Crippen LogP contribution in [0.2, 0.25) is 5.02 Å². The van der Waals surface area contributed by atoms with Gasteiger partial charge in [0.2, 0.25) is 5.91 Å². The second-order valence-corrected chi connectivity index (χ2v) is 12.4. The summed E-state index contributed by atoms with van der Waals surface area (Å²) in [6, 6.07) is 13.2. The van der Waals surface area contributed by atoms with E-state index in [0.29, 0.717) is 16.3 Å². The number of nitrogens with zero attached hydrogens (tertiary/aromatic N) is 2. The monoisotopic (exact) mass is 581 g/mol. The summed E-state index contributed by atoms with van der Waals surface area (Å²) in [6.45, 7) is 7.50. The van der Waals surface area contributed by atoms with Gasteiger partial charge in [-0.3, -0.25) is 19.3 Å². The van der Waals surface area contributed by atoms with Crippen LogP contribution in [0.3, 0.4) is 0 Å². The lowest BCUT2D eigenvalue weighted by Gasteiger charge is -2.34. The topological polar surface area (TPSA) is 117 Å². The number of benzene rings is 2. The zero-order chi connectivity index (χ0) is 29.0. The fourth-order valence-electron chi connectivity index (χ4n) is 4.93. The summed E-state index contributed by atoms with van der Waals surface area (Å²) in [4.78, 5) is 42.9. The highest BCUT2D eigenvalue weighted by atomic mass is 35.5. The highest BCUT2D eigenvalue weighted by Crippen LogP contribution is 2.35. The van der Waals surface area contributed by atoms with E-state index in [-0.39, 0.29) is 34.1 Å². The Labute approximate surface area is 244 Å². The molecule has 1 atom stereocenters. The molecular formula is C30H36ClN5O3S. The fraction of sp³-hybridized carbons (Fsp3) is 0.400. The summed E-state index contributed by atoms with van der Waals surface area (Å²) >= 11 is 7.03. The number of nitrogens with two attached hydrogens (primary N) is 1. The van der Waals surface area contributed by atoms with Crippen LogP contribution in [0.25, 0.3) is 0 Å². The highest BCUT2D eigenvalue weighted by Gasteiger charge is 2.38. The number of rotatable bonds is 7. The lowest BCUT2D eigenvalue weighted by molar-refractivity contribution is -0.123. The molecule has 3 aromatic rings. The van der Waals surface area contributed by atoms with Gasteiger partial charge in [0.05, 0.1) is 5.69 Å². The molecule has 0 spiro atoms. The van der Waals surface area contributed by atoms with Crippen LogP contribution in [0.5, 0.6) is 0 Å². The molecule has 0 radical (unpaired) electrons. The molecule has 10 heteroatoms. The average molecular weight is 582 g/mol. The van der Waals surface area contributed by atoms with E-state index >= 15 is 0 Å². The Bertz CT molecular complexity index is 1380. The van der Waals surface area contributed by atoms with Crippen LogP contribution in [0.1, 0.15) is 90.2 Å². The van der Waals surface area contributed by atoms with Gasteiger partial charge in [0.25, 0.3) is 11.8 Å². The SMILES string of the molecule is Cc1ccccc1N(C(=O)c1snc(C(=O)NC2CCCCC2)c1N)[C@@H](C(=O)NC(C)(C)C)c1ccc(Cl)cc1. The first-order chi connectivity index (χ1) is 19.0. The Morgan fingerprint density at radius 2 is 1.70 bits per heavy atom. The molecule has 1 heterocycles. The van der Waals surface area contributed by atoms with E-state index < -0.39 is 17.5 Å². The number of nitrogens with one attached hydrogen (secondary N) is 2. The molecule has 4 rings (SSSR count). The molecule has 0 aliphatic heterocycles. The van der Waals surface area contributed by atoms with Crippen LogP contribution in [-0.2, 0) is 4.79 Å². The van der Waals surface area contributed by atoms with Gasteiger partial charge in [0.1, 0.15) is 10.9 Å². The number of amides is 3. The van der Waals surface area contributed by atoms with Crippen LogP contribution in [0.4, 0.5) is 11.4 Å². The molecule has 1 aliphatic carbocycles. The fourth-order valence-corrected chi connectivity index (χ4v) is 5.79. The van der Waals surface area contributed by atoms with Crippen molar-refractivity contribution < 1.29 is 14.4 Å². The number of carbonyl (C=O) groups is 3. The van der Waals surface area contributed by atoms with E-state index in [1.165, 1.54) is 4.90 Å². The quantitative estimate of drug-likeness (QED) is 0.314. The number of aromatic nitrogens is 1. The molecule has 0 saturated heterocycles. The maximum absolute atomic E-state index is 14.4. The average Bonchev–Trinajstić information content (AvgIpc) is 3.29. The normalized spacial score (nSPS) is 14.8. The third kappa shape index (κ3) is 6.82.